The van der Waals surface area contributed by atoms with Crippen LogP contribution in [0.25, 0.3) is 0 Å². The number of carbonyl (C=O) groups excluding carboxylic acids is 1. The lowest BCUT2D eigenvalue weighted by atomic mass is 10.1. The molecule has 0 aromatic heterocycles. The van der Waals surface area contributed by atoms with Crippen molar-refractivity contribution in [3.8, 4) is 12.3 Å². The highest BCUT2D eigenvalue weighted by atomic mass is 19.2. The second-order valence-electron chi connectivity index (χ2n) is 3.87. The molecule has 2 rings (SSSR count). The van der Waals surface area contributed by atoms with Gasteiger partial charge in [-0.1, -0.05) is 0 Å². The van der Waals surface area contributed by atoms with E-state index in [1.807, 2.05) is 0 Å². The normalized spacial score (nSPS) is 19.5. The second-order valence-corrected chi connectivity index (χ2v) is 3.87. The number of hydrogen-bond donors (Lipinski definition) is 1. The first-order valence-corrected chi connectivity index (χ1v) is 5.04. The molecule has 1 amide bonds. The molecule has 1 aliphatic heterocycles. The zero-order valence-corrected chi connectivity index (χ0v) is 8.91. The number of anilines is 2. The number of benzene rings is 1. The number of amides is 1. The molecule has 1 aromatic rings. The highest BCUT2D eigenvalue weighted by Gasteiger charge is 2.33. The Labute approximate surface area is 97.2 Å². The van der Waals surface area contributed by atoms with Crippen LogP contribution in [0, 0.1) is 29.9 Å². The molecule has 1 fully saturated rings. The molecule has 1 aromatic carbocycles. The standard InChI is InChI=1S/C12H10F2N2O/c1-2-7-5-10(17)16(6-7)12-9(15)4-3-8(13)11(12)14/h1,3-4,7H,5-6,15H2. The lowest BCUT2D eigenvalue weighted by molar-refractivity contribution is -0.117. The Morgan fingerprint density at radius 3 is 2.76 bits per heavy atom. The first-order chi connectivity index (χ1) is 8.04. The molecule has 1 aliphatic rings. The van der Waals surface area contributed by atoms with Crippen LogP contribution >= 0.6 is 0 Å². The third-order valence-electron chi connectivity index (χ3n) is 2.73. The van der Waals surface area contributed by atoms with Crippen LogP contribution in [-0.4, -0.2) is 12.5 Å². The number of carbonyl (C=O) groups is 1. The third kappa shape index (κ3) is 1.82. The Kier molecular flexibility index (Phi) is 2.72. The van der Waals surface area contributed by atoms with E-state index in [1.54, 1.807) is 0 Å². The number of nitrogens with zero attached hydrogens (tertiary/aromatic N) is 1. The van der Waals surface area contributed by atoms with Crippen molar-refractivity contribution >= 4 is 17.3 Å². The van der Waals surface area contributed by atoms with Gasteiger partial charge in [0.05, 0.1) is 5.69 Å². The van der Waals surface area contributed by atoms with E-state index in [0.29, 0.717) is 0 Å². The maximum atomic E-state index is 13.6. The summed E-state index contributed by atoms with van der Waals surface area (Å²) < 4.78 is 26.7. The zero-order valence-electron chi connectivity index (χ0n) is 8.91. The average molecular weight is 236 g/mol. The summed E-state index contributed by atoms with van der Waals surface area (Å²) in [5, 5.41) is 0. The Bertz CT molecular complexity index is 522. The maximum Gasteiger partial charge on any atom is 0.228 e. The summed E-state index contributed by atoms with van der Waals surface area (Å²) in [6.07, 6.45) is 5.35. The van der Waals surface area contributed by atoms with Crippen molar-refractivity contribution < 1.29 is 13.6 Å². The number of halogens is 2. The van der Waals surface area contributed by atoms with Crippen LogP contribution in [0.2, 0.25) is 0 Å². The molecule has 5 heteroatoms. The van der Waals surface area contributed by atoms with E-state index in [2.05, 4.69) is 5.92 Å². The van der Waals surface area contributed by atoms with Crippen molar-refractivity contribution in [1.29, 1.82) is 0 Å². The predicted molar refractivity (Wildman–Crippen MR) is 60.1 cm³/mol. The van der Waals surface area contributed by atoms with E-state index in [0.717, 1.165) is 11.0 Å². The van der Waals surface area contributed by atoms with Gasteiger partial charge in [0.25, 0.3) is 0 Å². The molecule has 17 heavy (non-hydrogen) atoms. The van der Waals surface area contributed by atoms with Gasteiger partial charge in [0.1, 0.15) is 5.69 Å². The zero-order chi connectivity index (χ0) is 12.6. The van der Waals surface area contributed by atoms with Crippen LogP contribution in [-0.2, 0) is 4.79 Å². The smallest absolute Gasteiger partial charge is 0.228 e. The minimum atomic E-state index is -1.11. The number of terminal acetylenes is 1. The predicted octanol–water partition coefficient (Wildman–Crippen LogP) is 1.53. The van der Waals surface area contributed by atoms with Gasteiger partial charge in [-0.3, -0.25) is 4.79 Å². The molecule has 0 bridgehead atoms. The van der Waals surface area contributed by atoms with Gasteiger partial charge in [-0.2, -0.15) is 0 Å². The Morgan fingerprint density at radius 2 is 2.18 bits per heavy atom. The van der Waals surface area contributed by atoms with Crippen molar-refractivity contribution in [2.75, 3.05) is 17.2 Å². The number of hydrogen-bond acceptors (Lipinski definition) is 2. The molecular weight excluding hydrogens is 226 g/mol. The van der Waals surface area contributed by atoms with Gasteiger partial charge in [0.2, 0.25) is 5.91 Å². The Morgan fingerprint density at radius 1 is 1.47 bits per heavy atom. The van der Waals surface area contributed by atoms with Gasteiger partial charge in [-0.15, -0.1) is 12.3 Å². The minimum Gasteiger partial charge on any atom is -0.397 e. The number of nitrogen functional groups attached to an aromatic ring is 1. The molecule has 1 heterocycles. The molecule has 1 saturated heterocycles. The van der Waals surface area contributed by atoms with E-state index >= 15 is 0 Å². The SMILES string of the molecule is C#CC1CC(=O)N(c2c(N)ccc(F)c2F)C1. The maximum absolute atomic E-state index is 13.6. The van der Waals surface area contributed by atoms with Gasteiger partial charge in [-0.05, 0) is 12.1 Å². The van der Waals surface area contributed by atoms with Crippen LogP contribution in [0.15, 0.2) is 12.1 Å². The Hall–Kier alpha value is -2.09. The van der Waals surface area contributed by atoms with Crippen LogP contribution in [0.1, 0.15) is 6.42 Å². The van der Waals surface area contributed by atoms with Gasteiger partial charge in [0.15, 0.2) is 11.6 Å². The summed E-state index contributed by atoms with van der Waals surface area (Å²) in [6.45, 7) is 0.167. The molecule has 3 nitrogen and oxygen atoms in total. The van der Waals surface area contributed by atoms with Crippen molar-refractivity contribution in [1.82, 2.24) is 0 Å². The molecule has 2 N–H and O–H groups in total. The van der Waals surface area contributed by atoms with E-state index in [1.165, 1.54) is 6.07 Å². The summed E-state index contributed by atoms with van der Waals surface area (Å²) in [6, 6.07) is 2.15. The van der Waals surface area contributed by atoms with Gasteiger partial charge >= 0.3 is 0 Å². The van der Waals surface area contributed by atoms with Crippen molar-refractivity contribution in [2.24, 2.45) is 5.92 Å². The number of rotatable bonds is 1. The molecule has 1 unspecified atom stereocenters. The fraction of sp³-hybridized carbons (Fsp3) is 0.250. The first-order valence-electron chi connectivity index (χ1n) is 5.04. The summed E-state index contributed by atoms with van der Waals surface area (Å²) in [5.74, 6) is -0.353. The lowest BCUT2D eigenvalue weighted by Crippen LogP contribution is -2.26. The van der Waals surface area contributed by atoms with Crippen molar-refractivity contribution in [3.63, 3.8) is 0 Å². The van der Waals surface area contributed by atoms with Gasteiger partial charge in [-0.25, -0.2) is 8.78 Å². The molecule has 0 radical (unpaired) electrons. The van der Waals surface area contributed by atoms with Gasteiger partial charge < -0.3 is 10.6 Å². The van der Waals surface area contributed by atoms with Crippen LogP contribution in [0.4, 0.5) is 20.2 Å². The van der Waals surface area contributed by atoms with E-state index in [4.69, 9.17) is 12.2 Å². The molecule has 1 atom stereocenters. The fourth-order valence-electron chi connectivity index (χ4n) is 1.86. The van der Waals surface area contributed by atoms with E-state index in [9.17, 15) is 13.6 Å². The first kappa shape index (κ1) is 11.4. The van der Waals surface area contributed by atoms with Gasteiger partial charge in [0, 0.05) is 18.9 Å². The molecular formula is C12H10F2N2O. The minimum absolute atomic E-state index is 0.0231. The largest absolute Gasteiger partial charge is 0.397 e. The molecule has 0 saturated carbocycles. The van der Waals surface area contributed by atoms with Crippen LogP contribution < -0.4 is 10.6 Å². The Balaban J connectivity index is 2.45. The van der Waals surface area contributed by atoms with E-state index in [-0.39, 0.29) is 36.2 Å². The highest BCUT2D eigenvalue weighted by molar-refractivity contribution is 5.99. The average Bonchev–Trinajstić information content (AvgIpc) is 2.66. The highest BCUT2D eigenvalue weighted by Crippen LogP contribution is 2.33. The summed E-state index contributed by atoms with van der Waals surface area (Å²) in [4.78, 5) is 12.8. The fourth-order valence-corrected chi connectivity index (χ4v) is 1.86. The third-order valence-corrected chi connectivity index (χ3v) is 2.73. The van der Waals surface area contributed by atoms with Crippen molar-refractivity contribution in [3.05, 3.63) is 23.8 Å². The molecule has 0 spiro atoms. The summed E-state index contributed by atoms with van der Waals surface area (Å²) in [5.41, 5.74) is 5.38. The lowest BCUT2D eigenvalue weighted by Gasteiger charge is -2.19. The molecule has 88 valence electrons. The van der Waals surface area contributed by atoms with Crippen LogP contribution in [0.5, 0.6) is 0 Å². The molecule has 0 aliphatic carbocycles. The number of nitrogens with two attached hydrogens (primary N) is 1. The van der Waals surface area contributed by atoms with E-state index < -0.39 is 11.6 Å². The van der Waals surface area contributed by atoms with Crippen molar-refractivity contribution in [2.45, 2.75) is 6.42 Å². The van der Waals surface area contributed by atoms with Crippen LogP contribution in [0.3, 0.4) is 0 Å². The summed E-state index contributed by atoms with van der Waals surface area (Å²) >= 11 is 0. The quantitative estimate of drug-likeness (QED) is 0.593. The monoisotopic (exact) mass is 236 g/mol. The second kappa shape index (κ2) is 4.06. The summed E-state index contributed by atoms with van der Waals surface area (Å²) in [7, 11) is 0. The topological polar surface area (TPSA) is 46.3 Å².